The van der Waals surface area contributed by atoms with Crippen molar-refractivity contribution >= 4 is 11.8 Å². The van der Waals surface area contributed by atoms with Crippen LogP contribution in [0.2, 0.25) is 0 Å². The van der Waals surface area contributed by atoms with E-state index < -0.39 is 18.0 Å². The third kappa shape index (κ3) is 5.10. The van der Waals surface area contributed by atoms with Crippen molar-refractivity contribution in [3.05, 3.63) is 42.2 Å². The van der Waals surface area contributed by atoms with Crippen molar-refractivity contribution in [2.45, 2.75) is 13.0 Å². The molecule has 0 aliphatic carbocycles. The first kappa shape index (κ1) is 16.5. The molecule has 0 unspecified atom stereocenters. The molecule has 0 saturated carbocycles. The van der Waals surface area contributed by atoms with Crippen molar-refractivity contribution in [2.75, 3.05) is 19.0 Å². The molecule has 1 aromatic heterocycles. The smallest absolute Gasteiger partial charge is 0.320 e. The SMILES string of the molecule is COc1ccc(NC(=O)NC[C@@H](C)Oc2ccccc2F)nn1. The highest BCUT2D eigenvalue weighted by Crippen LogP contribution is 2.16. The van der Waals surface area contributed by atoms with Crippen molar-refractivity contribution in [1.82, 2.24) is 15.5 Å². The molecule has 0 aliphatic heterocycles. The maximum Gasteiger partial charge on any atom is 0.320 e. The van der Waals surface area contributed by atoms with Gasteiger partial charge in [0, 0.05) is 6.07 Å². The van der Waals surface area contributed by atoms with Gasteiger partial charge in [0.05, 0.1) is 13.7 Å². The lowest BCUT2D eigenvalue weighted by molar-refractivity contribution is 0.205. The normalized spacial score (nSPS) is 11.4. The van der Waals surface area contributed by atoms with E-state index >= 15 is 0 Å². The molecule has 2 amide bonds. The van der Waals surface area contributed by atoms with E-state index in [9.17, 15) is 9.18 Å². The fraction of sp³-hybridized carbons (Fsp3) is 0.267. The van der Waals surface area contributed by atoms with Gasteiger partial charge in [0.1, 0.15) is 6.10 Å². The van der Waals surface area contributed by atoms with Crippen LogP contribution in [0.5, 0.6) is 11.6 Å². The van der Waals surface area contributed by atoms with Gasteiger partial charge in [0.25, 0.3) is 0 Å². The minimum absolute atomic E-state index is 0.142. The molecule has 0 radical (unpaired) electrons. The summed E-state index contributed by atoms with van der Waals surface area (Å²) in [7, 11) is 1.47. The Kier molecular flexibility index (Phi) is 5.67. The molecule has 23 heavy (non-hydrogen) atoms. The first-order chi connectivity index (χ1) is 11.1. The fourth-order valence-corrected chi connectivity index (χ4v) is 1.69. The summed E-state index contributed by atoms with van der Waals surface area (Å²) in [5, 5.41) is 12.6. The van der Waals surface area contributed by atoms with Crippen LogP contribution in [-0.2, 0) is 0 Å². The van der Waals surface area contributed by atoms with Crippen LogP contribution in [0.1, 0.15) is 6.92 Å². The second-order valence-electron chi connectivity index (χ2n) is 4.65. The van der Waals surface area contributed by atoms with E-state index in [1.807, 2.05) is 0 Å². The Labute approximate surface area is 132 Å². The molecule has 0 aliphatic rings. The third-order valence-electron chi connectivity index (χ3n) is 2.81. The summed E-state index contributed by atoms with van der Waals surface area (Å²) in [6.45, 7) is 1.92. The van der Waals surface area contributed by atoms with Gasteiger partial charge in [-0.3, -0.25) is 5.32 Å². The van der Waals surface area contributed by atoms with Crippen molar-refractivity contribution in [1.29, 1.82) is 0 Å². The zero-order chi connectivity index (χ0) is 16.7. The van der Waals surface area contributed by atoms with Gasteiger partial charge in [-0.15, -0.1) is 10.2 Å². The van der Waals surface area contributed by atoms with Crippen LogP contribution >= 0.6 is 0 Å². The number of nitrogens with one attached hydrogen (secondary N) is 2. The van der Waals surface area contributed by atoms with E-state index in [0.717, 1.165) is 0 Å². The Morgan fingerprint density at radius 1 is 1.26 bits per heavy atom. The maximum absolute atomic E-state index is 13.4. The van der Waals surface area contributed by atoms with E-state index in [4.69, 9.17) is 9.47 Å². The lowest BCUT2D eigenvalue weighted by Crippen LogP contribution is -2.36. The molecular formula is C15H17FN4O3. The van der Waals surface area contributed by atoms with Crippen LogP contribution in [0.15, 0.2) is 36.4 Å². The van der Waals surface area contributed by atoms with Crippen LogP contribution in [0.4, 0.5) is 15.0 Å². The van der Waals surface area contributed by atoms with Gasteiger partial charge < -0.3 is 14.8 Å². The summed E-state index contributed by atoms with van der Waals surface area (Å²) in [6, 6.07) is 8.76. The number of halogens is 1. The number of urea groups is 1. The number of anilines is 1. The Morgan fingerprint density at radius 3 is 2.70 bits per heavy atom. The predicted octanol–water partition coefficient (Wildman–Crippen LogP) is 2.21. The monoisotopic (exact) mass is 320 g/mol. The molecule has 1 aromatic carbocycles. The van der Waals surface area contributed by atoms with Crippen LogP contribution in [0, 0.1) is 5.82 Å². The molecule has 0 saturated heterocycles. The minimum atomic E-state index is -0.464. The number of rotatable bonds is 6. The molecule has 0 fully saturated rings. The summed E-state index contributed by atoms with van der Waals surface area (Å²) in [5.41, 5.74) is 0. The zero-order valence-corrected chi connectivity index (χ0v) is 12.7. The molecule has 2 N–H and O–H groups in total. The zero-order valence-electron chi connectivity index (χ0n) is 12.7. The van der Waals surface area contributed by atoms with Crippen LogP contribution in [-0.4, -0.2) is 36.0 Å². The van der Waals surface area contributed by atoms with Gasteiger partial charge in [0.2, 0.25) is 5.88 Å². The van der Waals surface area contributed by atoms with Gasteiger partial charge in [-0.2, -0.15) is 0 Å². The van der Waals surface area contributed by atoms with E-state index in [1.165, 1.54) is 19.2 Å². The summed E-state index contributed by atoms with van der Waals surface area (Å²) in [4.78, 5) is 11.7. The highest BCUT2D eigenvalue weighted by molar-refractivity contribution is 5.88. The quantitative estimate of drug-likeness (QED) is 0.852. The standard InChI is InChI=1S/C15H17FN4O3/c1-10(23-12-6-4-3-5-11(12)16)9-17-15(21)18-13-7-8-14(22-2)20-19-13/h3-8,10H,9H2,1-2H3,(H2,17,18,19,21)/t10-/m1/s1. The number of ether oxygens (including phenoxy) is 2. The minimum Gasteiger partial charge on any atom is -0.486 e. The van der Waals surface area contributed by atoms with Crippen molar-refractivity contribution in [3.8, 4) is 11.6 Å². The number of hydrogen-bond donors (Lipinski definition) is 2. The second kappa shape index (κ2) is 7.92. The summed E-state index contributed by atoms with van der Waals surface area (Å²) >= 11 is 0. The summed E-state index contributed by atoms with van der Waals surface area (Å²) in [6.07, 6.45) is -0.403. The van der Waals surface area contributed by atoms with Crippen molar-refractivity contribution < 1.29 is 18.7 Å². The Bertz CT molecular complexity index is 651. The van der Waals surface area contributed by atoms with Crippen LogP contribution < -0.4 is 20.1 Å². The molecule has 8 heteroatoms. The maximum atomic E-state index is 13.4. The van der Waals surface area contributed by atoms with Gasteiger partial charge in [-0.05, 0) is 25.1 Å². The third-order valence-corrected chi connectivity index (χ3v) is 2.81. The Balaban J connectivity index is 1.78. The highest BCUT2D eigenvalue weighted by Gasteiger charge is 2.10. The van der Waals surface area contributed by atoms with Crippen LogP contribution in [0.25, 0.3) is 0 Å². The topological polar surface area (TPSA) is 85.4 Å². The number of amides is 2. The highest BCUT2D eigenvalue weighted by atomic mass is 19.1. The summed E-state index contributed by atoms with van der Waals surface area (Å²) < 4.78 is 23.7. The van der Waals surface area contributed by atoms with Gasteiger partial charge in [0.15, 0.2) is 17.4 Å². The average Bonchev–Trinajstić information content (AvgIpc) is 2.56. The summed E-state index contributed by atoms with van der Waals surface area (Å²) in [5.74, 6) is 0.328. The molecule has 2 rings (SSSR count). The number of nitrogens with zero attached hydrogens (tertiary/aromatic N) is 2. The number of carbonyl (C=O) groups is 1. The second-order valence-corrected chi connectivity index (χ2v) is 4.65. The molecule has 2 aromatic rings. The number of benzene rings is 1. The lowest BCUT2D eigenvalue weighted by atomic mass is 10.3. The number of methoxy groups -OCH3 is 1. The molecule has 1 atom stereocenters. The number of aromatic nitrogens is 2. The molecule has 1 heterocycles. The van der Waals surface area contributed by atoms with Crippen LogP contribution in [0.3, 0.4) is 0 Å². The number of hydrogen-bond acceptors (Lipinski definition) is 5. The lowest BCUT2D eigenvalue weighted by Gasteiger charge is -2.16. The van der Waals surface area contributed by atoms with E-state index in [0.29, 0.717) is 5.88 Å². The Morgan fingerprint density at radius 2 is 2.04 bits per heavy atom. The van der Waals surface area contributed by atoms with Gasteiger partial charge in [-0.1, -0.05) is 12.1 Å². The van der Waals surface area contributed by atoms with E-state index in [-0.39, 0.29) is 18.1 Å². The van der Waals surface area contributed by atoms with Gasteiger partial charge >= 0.3 is 6.03 Å². The predicted molar refractivity (Wildman–Crippen MR) is 82.1 cm³/mol. The van der Waals surface area contributed by atoms with Crippen molar-refractivity contribution in [2.24, 2.45) is 0 Å². The first-order valence-electron chi connectivity index (χ1n) is 6.92. The molecule has 0 spiro atoms. The molecule has 0 bridgehead atoms. The number of para-hydroxylation sites is 1. The van der Waals surface area contributed by atoms with Crippen molar-refractivity contribution in [3.63, 3.8) is 0 Å². The van der Waals surface area contributed by atoms with Gasteiger partial charge in [-0.25, -0.2) is 9.18 Å². The first-order valence-corrected chi connectivity index (χ1v) is 6.92. The molecular weight excluding hydrogens is 303 g/mol. The largest absolute Gasteiger partial charge is 0.486 e. The molecule has 7 nitrogen and oxygen atoms in total. The fourth-order valence-electron chi connectivity index (χ4n) is 1.69. The Hall–Kier alpha value is -2.90. The number of carbonyl (C=O) groups excluding carboxylic acids is 1. The average molecular weight is 320 g/mol. The molecule has 122 valence electrons. The van der Waals surface area contributed by atoms with E-state index in [2.05, 4.69) is 20.8 Å². The van der Waals surface area contributed by atoms with E-state index in [1.54, 1.807) is 31.2 Å².